The van der Waals surface area contributed by atoms with Gasteiger partial charge in [-0.25, -0.2) is 0 Å². The average Bonchev–Trinajstić information content (AvgIpc) is 3.14. The molecule has 0 N–H and O–H groups in total. The van der Waals surface area contributed by atoms with E-state index in [0.717, 1.165) is 34.1 Å². The predicted octanol–water partition coefficient (Wildman–Crippen LogP) is 8.57. The van der Waals surface area contributed by atoms with Gasteiger partial charge in [0, 0.05) is 5.56 Å². The molecule has 1 saturated heterocycles. The van der Waals surface area contributed by atoms with Gasteiger partial charge in [-0.2, -0.15) is 0 Å². The quantitative estimate of drug-likeness (QED) is 0.105. The van der Waals surface area contributed by atoms with Crippen molar-refractivity contribution in [3.05, 3.63) is 178 Å². The molecule has 1 aliphatic heterocycles. The second kappa shape index (κ2) is 17.3. The fraction of sp³-hybridized carbons (Fsp3) is 0.244. The largest absolute Gasteiger partial charge is 0.374 e. The molecule has 1 unspecified atom stereocenters. The minimum atomic E-state index is -0.618. The van der Waals surface area contributed by atoms with Gasteiger partial charge in [-0.05, 0) is 39.9 Å². The van der Waals surface area contributed by atoms with Crippen LogP contribution in [-0.2, 0) is 50.1 Å². The van der Waals surface area contributed by atoms with Crippen LogP contribution in [0.1, 0.15) is 44.3 Å². The highest BCUT2D eigenvalue weighted by atomic mass is 35.5. The highest BCUT2D eigenvalue weighted by molar-refractivity contribution is 6.32. The van der Waals surface area contributed by atoms with Gasteiger partial charge in [-0.3, -0.25) is 4.79 Å². The Hall–Kier alpha value is -4.14. The molecule has 246 valence electrons. The van der Waals surface area contributed by atoms with E-state index in [1.807, 2.05) is 127 Å². The first-order valence-electron chi connectivity index (χ1n) is 16.2. The summed E-state index contributed by atoms with van der Waals surface area (Å²) >= 11 is 6.37. The minimum Gasteiger partial charge on any atom is -0.374 e. The van der Waals surface area contributed by atoms with Crippen molar-refractivity contribution in [3.63, 3.8) is 0 Å². The van der Waals surface area contributed by atoms with Gasteiger partial charge in [-0.1, -0.05) is 139 Å². The molecule has 0 spiro atoms. The lowest BCUT2D eigenvalue weighted by atomic mass is 9.89. The molecule has 5 aromatic rings. The van der Waals surface area contributed by atoms with Crippen LogP contribution >= 0.6 is 11.6 Å². The van der Waals surface area contributed by atoms with Crippen LogP contribution in [0.25, 0.3) is 0 Å². The lowest BCUT2D eigenvalue weighted by Gasteiger charge is -2.46. The Morgan fingerprint density at radius 2 is 1.02 bits per heavy atom. The third kappa shape index (κ3) is 9.05. The van der Waals surface area contributed by atoms with E-state index in [4.69, 9.17) is 35.3 Å². The van der Waals surface area contributed by atoms with E-state index < -0.39 is 30.5 Å². The molecule has 0 amide bonds. The van der Waals surface area contributed by atoms with Gasteiger partial charge in [0.2, 0.25) is 0 Å². The van der Waals surface area contributed by atoms with E-state index in [1.165, 1.54) is 0 Å². The predicted molar refractivity (Wildman–Crippen MR) is 186 cm³/mol. The van der Waals surface area contributed by atoms with Crippen LogP contribution in [0.15, 0.2) is 140 Å². The van der Waals surface area contributed by atoms with Gasteiger partial charge in [0.15, 0.2) is 6.29 Å². The summed E-state index contributed by atoms with van der Waals surface area (Å²) in [5.41, 5.74) is 5.25. The van der Waals surface area contributed by atoms with Gasteiger partial charge >= 0.3 is 0 Å². The molecular weight excluding hydrogens is 624 g/mol. The summed E-state index contributed by atoms with van der Waals surface area (Å²) < 4.78 is 33.5. The van der Waals surface area contributed by atoms with Gasteiger partial charge in [0.05, 0.1) is 38.1 Å². The van der Waals surface area contributed by atoms with Crippen molar-refractivity contribution in [1.82, 2.24) is 0 Å². The zero-order valence-corrected chi connectivity index (χ0v) is 27.4. The van der Waals surface area contributed by atoms with Gasteiger partial charge in [-0.15, -0.1) is 0 Å². The number of rotatable bonds is 15. The van der Waals surface area contributed by atoms with E-state index in [0.29, 0.717) is 37.0 Å². The summed E-state index contributed by atoms with van der Waals surface area (Å²) in [7, 11) is 0. The molecule has 0 aromatic heterocycles. The van der Waals surface area contributed by atoms with Crippen molar-refractivity contribution in [1.29, 1.82) is 0 Å². The number of aldehydes is 1. The van der Waals surface area contributed by atoms with Crippen LogP contribution < -0.4 is 0 Å². The van der Waals surface area contributed by atoms with Crippen molar-refractivity contribution in [2.75, 3.05) is 6.61 Å². The monoisotopic (exact) mass is 662 g/mol. The van der Waals surface area contributed by atoms with Crippen molar-refractivity contribution in [2.45, 2.75) is 56.9 Å². The molecule has 5 aromatic carbocycles. The van der Waals surface area contributed by atoms with Crippen molar-refractivity contribution in [3.8, 4) is 0 Å². The molecule has 48 heavy (non-hydrogen) atoms. The molecule has 5 atom stereocenters. The van der Waals surface area contributed by atoms with E-state index in [9.17, 15) is 4.79 Å². The molecule has 0 bridgehead atoms. The van der Waals surface area contributed by atoms with Crippen LogP contribution in [0.3, 0.4) is 0 Å². The molecule has 1 aliphatic rings. The minimum absolute atomic E-state index is 0.246. The first-order valence-corrected chi connectivity index (χ1v) is 16.5. The van der Waals surface area contributed by atoms with Crippen molar-refractivity contribution in [2.24, 2.45) is 0 Å². The van der Waals surface area contributed by atoms with Crippen LogP contribution in [0.2, 0.25) is 5.02 Å². The van der Waals surface area contributed by atoms with E-state index in [1.54, 1.807) is 12.1 Å². The lowest BCUT2D eigenvalue weighted by molar-refractivity contribution is -0.275. The van der Waals surface area contributed by atoms with Crippen LogP contribution in [-0.4, -0.2) is 37.3 Å². The number of hydrogen-bond donors (Lipinski definition) is 0. The van der Waals surface area contributed by atoms with Crippen LogP contribution in [0, 0.1) is 0 Å². The second-order valence-electron chi connectivity index (χ2n) is 11.8. The zero-order chi connectivity index (χ0) is 33.0. The average molecular weight is 663 g/mol. The topological polar surface area (TPSA) is 63.2 Å². The Labute approximate surface area is 287 Å². The third-order valence-electron chi connectivity index (χ3n) is 8.36. The summed E-state index contributed by atoms with van der Waals surface area (Å²) in [5, 5.41) is 0.370. The molecule has 1 fully saturated rings. The Bertz CT molecular complexity index is 1690. The Morgan fingerprint density at radius 1 is 0.562 bits per heavy atom. The van der Waals surface area contributed by atoms with Gasteiger partial charge < -0.3 is 23.7 Å². The Kier molecular flexibility index (Phi) is 12.2. The lowest BCUT2D eigenvalue weighted by Crippen LogP contribution is -2.58. The second-order valence-corrected chi connectivity index (χ2v) is 12.2. The number of carbonyl (C=O) groups is 1. The van der Waals surface area contributed by atoms with Crippen LogP contribution in [0.5, 0.6) is 0 Å². The first kappa shape index (κ1) is 33.7. The molecular formula is C41H39ClO6. The molecule has 0 radical (unpaired) electrons. The molecule has 6 nitrogen and oxygen atoms in total. The number of halogens is 1. The highest BCUT2D eigenvalue weighted by Gasteiger charge is 2.49. The molecule has 7 heteroatoms. The van der Waals surface area contributed by atoms with Gasteiger partial charge in [0.1, 0.15) is 30.5 Å². The fourth-order valence-electron chi connectivity index (χ4n) is 5.89. The molecule has 6 rings (SSSR count). The third-order valence-corrected chi connectivity index (χ3v) is 8.70. The maximum absolute atomic E-state index is 12.0. The summed E-state index contributed by atoms with van der Waals surface area (Å²) in [6, 6.07) is 45.4. The first-order chi connectivity index (χ1) is 23.7. The Morgan fingerprint density at radius 3 is 1.52 bits per heavy atom. The molecule has 0 aliphatic carbocycles. The molecule has 0 saturated carbocycles. The summed E-state index contributed by atoms with van der Waals surface area (Å²) in [4.78, 5) is 12.0. The summed E-state index contributed by atoms with van der Waals surface area (Å²) in [5.74, 6) is 0. The highest BCUT2D eigenvalue weighted by Crippen LogP contribution is 2.39. The van der Waals surface area contributed by atoms with Crippen LogP contribution in [0.4, 0.5) is 0 Å². The van der Waals surface area contributed by atoms with Crippen molar-refractivity contribution >= 4 is 17.9 Å². The van der Waals surface area contributed by atoms with E-state index >= 15 is 0 Å². The normalized spacial score (nSPS) is 20.7. The molecule has 1 heterocycles. The fourth-order valence-corrected chi connectivity index (χ4v) is 6.05. The van der Waals surface area contributed by atoms with E-state index in [2.05, 4.69) is 0 Å². The number of ether oxygens (including phenoxy) is 5. The summed E-state index contributed by atoms with van der Waals surface area (Å²) in [6.07, 6.45) is -2.13. The number of hydrogen-bond acceptors (Lipinski definition) is 6. The standard InChI is InChI=1S/C41H39ClO6/c42-36-22-21-34(23-35(36)24-43)38-40(46-27-32-17-9-3-10-18-32)41(47-28-33-19-11-4-12-20-33)39(45-26-31-15-7-2-8-16-31)37(48-38)29-44-25-30-13-5-1-6-14-30/h1-24,37-41H,25-29H2/t37-,38?,39-,40+,41+/m1/s1. The van der Waals surface area contributed by atoms with E-state index in [-0.39, 0.29) is 6.61 Å². The maximum atomic E-state index is 12.0. The smallest absolute Gasteiger partial charge is 0.151 e. The maximum Gasteiger partial charge on any atom is 0.151 e. The summed E-state index contributed by atoms with van der Waals surface area (Å²) in [6.45, 7) is 1.67. The zero-order valence-electron chi connectivity index (χ0n) is 26.6. The Balaban J connectivity index is 1.37. The van der Waals surface area contributed by atoms with Gasteiger partial charge in [0.25, 0.3) is 0 Å². The SMILES string of the molecule is O=Cc1cc(C2O[C@H](COCc3ccccc3)[C@@H](OCc3ccccc3)[C@H](OCc3ccccc3)[C@H]2OCc2ccccc2)ccc1Cl. The number of benzene rings is 5. The number of carbonyl (C=O) groups excluding carboxylic acids is 1. The van der Waals surface area contributed by atoms with Crippen molar-refractivity contribution < 1.29 is 28.5 Å².